The number of aromatic amines is 2. The van der Waals surface area contributed by atoms with Gasteiger partial charge >= 0.3 is 0 Å². The minimum atomic E-state index is -0.102. The van der Waals surface area contributed by atoms with Gasteiger partial charge in [0.1, 0.15) is 0 Å². The summed E-state index contributed by atoms with van der Waals surface area (Å²) in [5.41, 5.74) is 5.29. The van der Waals surface area contributed by atoms with Gasteiger partial charge in [-0.15, -0.1) is 0 Å². The first-order valence-corrected chi connectivity index (χ1v) is 11.6. The van der Waals surface area contributed by atoms with E-state index in [1.807, 2.05) is 18.0 Å². The predicted molar refractivity (Wildman–Crippen MR) is 125 cm³/mol. The van der Waals surface area contributed by atoms with Crippen LogP contribution in [0.3, 0.4) is 0 Å². The molecule has 0 bridgehead atoms. The number of rotatable bonds is 3. The number of nitrogens with one attached hydrogen (secondary N) is 2. The summed E-state index contributed by atoms with van der Waals surface area (Å²) in [6.45, 7) is 3.28. The molecular formula is C25H26N6O2. The molecule has 33 heavy (non-hydrogen) atoms. The number of fused-ring (bicyclic) bond motifs is 2. The van der Waals surface area contributed by atoms with Crippen molar-refractivity contribution in [3.05, 3.63) is 75.1 Å². The number of H-pyrrole nitrogens is 2. The van der Waals surface area contributed by atoms with Crippen LogP contribution in [0.2, 0.25) is 0 Å². The van der Waals surface area contributed by atoms with Crippen LogP contribution in [0.5, 0.6) is 0 Å². The topological polar surface area (TPSA) is 99.7 Å². The molecule has 1 fully saturated rings. The lowest BCUT2D eigenvalue weighted by Gasteiger charge is -2.32. The molecule has 1 aliphatic carbocycles. The molecule has 0 spiro atoms. The molecule has 0 unspecified atom stereocenters. The molecule has 0 atom stereocenters. The van der Waals surface area contributed by atoms with Crippen LogP contribution in [-0.2, 0) is 12.8 Å². The molecule has 1 amide bonds. The number of carbonyl (C=O) groups is 1. The van der Waals surface area contributed by atoms with Crippen molar-refractivity contribution >= 4 is 16.8 Å². The summed E-state index contributed by atoms with van der Waals surface area (Å²) in [4.78, 5) is 38.4. The molecule has 8 nitrogen and oxygen atoms in total. The van der Waals surface area contributed by atoms with Crippen molar-refractivity contribution in [3.8, 4) is 5.95 Å². The predicted octanol–water partition coefficient (Wildman–Crippen LogP) is 3.25. The minimum Gasteiger partial charge on any atom is -0.361 e. The first-order chi connectivity index (χ1) is 16.1. The highest BCUT2D eigenvalue weighted by Crippen LogP contribution is 2.33. The van der Waals surface area contributed by atoms with E-state index < -0.39 is 0 Å². The number of likely N-dealkylation sites (tertiary alicyclic amines) is 1. The van der Waals surface area contributed by atoms with E-state index in [2.05, 4.69) is 44.3 Å². The third-order valence-electron chi connectivity index (χ3n) is 7.22. The molecule has 2 aliphatic rings. The number of hydrogen-bond acceptors (Lipinski definition) is 4. The van der Waals surface area contributed by atoms with E-state index in [4.69, 9.17) is 0 Å². The summed E-state index contributed by atoms with van der Waals surface area (Å²) >= 11 is 0. The molecule has 2 N–H and O–H groups in total. The standard InChI is InChI=1S/C25H26N6O2/c1-15-20(14-27-31(15)25-28-22-7-3-5-19(22)23(32)29-25)24(33)30-12-9-16(10-13-30)17-4-2-6-21-18(17)8-11-26-21/h2,4,6,8,11,14,16,26H,3,5,7,9-10,12-13H2,1H3,(H,28,29,32). The normalized spacial score (nSPS) is 16.5. The molecule has 6 rings (SSSR count). The number of amides is 1. The Balaban J connectivity index is 1.21. The number of hydrogen-bond donors (Lipinski definition) is 2. The molecule has 1 aliphatic heterocycles. The Hall–Kier alpha value is -3.68. The Bertz CT molecular complexity index is 1420. The molecule has 3 aromatic heterocycles. The van der Waals surface area contributed by atoms with Crippen molar-refractivity contribution < 1.29 is 4.79 Å². The maximum Gasteiger partial charge on any atom is 0.257 e. The number of aryl methyl sites for hydroxylation is 1. The van der Waals surface area contributed by atoms with Gasteiger partial charge in [0, 0.05) is 35.8 Å². The van der Waals surface area contributed by atoms with Gasteiger partial charge in [-0.25, -0.2) is 9.67 Å². The molecule has 1 saturated heterocycles. The largest absolute Gasteiger partial charge is 0.361 e. The van der Waals surface area contributed by atoms with Gasteiger partial charge in [0.15, 0.2) is 0 Å². The first kappa shape index (κ1) is 20.0. The average molecular weight is 443 g/mol. The van der Waals surface area contributed by atoms with Gasteiger partial charge in [0.2, 0.25) is 5.95 Å². The maximum absolute atomic E-state index is 13.3. The zero-order valence-electron chi connectivity index (χ0n) is 18.6. The molecular weight excluding hydrogens is 416 g/mol. The Morgan fingerprint density at radius 1 is 1.15 bits per heavy atom. The SMILES string of the molecule is Cc1c(C(=O)N2CCC(c3cccc4[nH]ccc34)CC2)cnn1-c1nc2c(c(=O)[nH]1)CCC2. The fourth-order valence-corrected chi connectivity index (χ4v) is 5.39. The number of benzene rings is 1. The zero-order chi connectivity index (χ0) is 22.5. The second-order valence-electron chi connectivity index (χ2n) is 9.08. The van der Waals surface area contributed by atoms with Crippen molar-refractivity contribution in [2.75, 3.05) is 13.1 Å². The lowest BCUT2D eigenvalue weighted by atomic mass is 9.87. The molecule has 0 radical (unpaired) electrons. The van der Waals surface area contributed by atoms with Gasteiger partial charge < -0.3 is 9.88 Å². The minimum absolute atomic E-state index is 0.0134. The number of nitrogens with zero attached hydrogens (tertiary/aromatic N) is 4. The van der Waals surface area contributed by atoms with E-state index >= 15 is 0 Å². The van der Waals surface area contributed by atoms with Crippen molar-refractivity contribution in [1.82, 2.24) is 29.6 Å². The lowest BCUT2D eigenvalue weighted by molar-refractivity contribution is 0.0712. The van der Waals surface area contributed by atoms with E-state index in [9.17, 15) is 9.59 Å². The Labute approximate surface area is 190 Å². The van der Waals surface area contributed by atoms with E-state index in [0.29, 0.717) is 36.2 Å². The Morgan fingerprint density at radius 3 is 2.85 bits per heavy atom. The van der Waals surface area contributed by atoms with Crippen LogP contribution in [0.4, 0.5) is 0 Å². The Kier molecular flexibility index (Phi) is 4.67. The fraction of sp³-hybridized carbons (Fsp3) is 0.360. The van der Waals surface area contributed by atoms with Crippen molar-refractivity contribution in [2.45, 2.75) is 44.9 Å². The van der Waals surface area contributed by atoms with E-state index in [1.54, 1.807) is 10.9 Å². The van der Waals surface area contributed by atoms with Gasteiger partial charge in [-0.3, -0.25) is 14.6 Å². The molecule has 4 aromatic rings. The van der Waals surface area contributed by atoms with Crippen LogP contribution in [0.15, 0.2) is 41.5 Å². The number of piperidine rings is 1. The monoisotopic (exact) mass is 442 g/mol. The van der Waals surface area contributed by atoms with Gasteiger partial charge in [-0.1, -0.05) is 12.1 Å². The van der Waals surface area contributed by atoms with E-state index in [1.165, 1.54) is 10.9 Å². The van der Waals surface area contributed by atoms with Crippen LogP contribution in [0.1, 0.15) is 58.1 Å². The number of aromatic nitrogens is 5. The quantitative estimate of drug-likeness (QED) is 0.509. The van der Waals surface area contributed by atoms with Crippen molar-refractivity contribution in [1.29, 1.82) is 0 Å². The highest BCUT2D eigenvalue weighted by atomic mass is 16.2. The third kappa shape index (κ3) is 3.28. The van der Waals surface area contributed by atoms with Crippen LogP contribution < -0.4 is 5.56 Å². The summed E-state index contributed by atoms with van der Waals surface area (Å²) < 4.78 is 1.58. The lowest BCUT2D eigenvalue weighted by Crippen LogP contribution is -2.38. The summed E-state index contributed by atoms with van der Waals surface area (Å²) in [7, 11) is 0. The molecule has 1 aromatic carbocycles. The summed E-state index contributed by atoms with van der Waals surface area (Å²) in [6.07, 6.45) is 7.98. The van der Waals surface area contributed by atoms with Crippen molar-refractivity contribution in [3.63, 3.8) is 0 Å². The smallest absolute Gasteiger partial charge is 0.257 e. The second-order valence-corrected chi connectivity index (χ2v) is 9.08. The van der Waals surface area contributed by atoms with Crippen LogP contribution in [0.25, 0.3) is 16.9 Å². The van der Waals surface area contributed by atoms with Gasteiger partial charge in [-0.2, -0.15) is 5.10 Å². The molecule has 4 heterocycles. The van der Waals surface area contributed by atoms with Crippen LogP contribution >= 0.6 is 0 Å². The van der Waals surface area contributed by atoms with Crippen LogP contribution in [0, 0.1) is 6.92 Å². The third-order valence-corrected chi connectivity index (χ3v) is 7.22. The van der Waals surface area contributed by atoms with Gasteiger partial charge in [0.25, 0.3) is 11.5 Å². The van der Waals surface area contributed by atoms with Gasteiger partial charge in [-0.05, 0) is 62.6 Å². The zero-order valence-corrected chi connectivity index (χ0v) is 18.6. The second kappa shape index (κ2) is 7.72. The molecule has 0 saturated carbocycles. The summed E-state index contributed by atoms with van der Waals surface area (Å²) in [6, 6.07) is 8.54. The van der Waals surface area contributed by atoms with Gasteiger partial charge in [0.05, 0.1) is 23.1 Å². The van der Waals surface area contributed by atoms with Crippen LogP contribution in [-0.4, -0.2) is 48.6 Å². The maximum atomic E-state index is 13.3. The summed E-state index contributed by atoms with van der Waals surface area (Å²) in [5.74, 6) is 0.814. The number of carbonyl (C=O) groups excluding carboxylic acids is 1. The first-order valence-electron chi connectivity index (χ1n) is 11.6. The summed E-state index contributed by atoms with van der Waals surface area (Å²) in [5, 5.41) is 5.67. The molecule has 8 heteroatoms. The fourth-order valence-electron chi connectivity index (χ4n) is 5.39. The highest BCUT2D eigenvalue weighted by Gasteiger charge is 2.28. The Morgan fingerprint density at radius 2 is 2.00 bits per heavy atom. The highest BCUT2D eigenvalue weighted by molar-refractivity contribution is 5.95. The van der Waals surface area contributed by atoms with Crippen molar-refractivity contribution in [2.24, 2.45) is 0 Å². The molecule has 168 valence electrons. The average Bonchev–Trinajstić information content (AvgIpc) is 3.58. The van der Waals surface area contributed by atoms with E-state index in [0.717, 1.165) is 48.9 Å². The van der Waals surface area contributed by atoms with E-state index in [-0.39, 0.29) is 11.5 Å².